The fourth-order valence-electron chi connectivity index (χ4n) is 2.50. The maximum absolute atomic E-state index is 5.86. The molecular weight excluding hydrogens is 304 g/mol. The first-order valence-electron chi connectivity index (χ1n) is 8.25. The highest BCUT2D eigenvalue weighted by atomic mass is 32.2. The molecule has 0 saturated heterocycles. The Morgan fingerprint density at radius 2 is 1.87 bits per heavy atom. The number of rotatable bonds is 8. The van der Waals surface area contributed by atoms with Crippen molar-refractivity contribution in [2.45, 2.75) is 57.9 Å². The second kappa shape index (κ2) is 8.44. The van der Waals surface area contributed by atoms with Crippen LogP contribution in [0.1, 0.15) is 45.0 Å². The first-order chi connectivity index (χ1) is 11.0. The lowest BCUT2D eigenvalue weighted by Crippen LogP contribution is -2.22. The summed E-state index contributed by atoms with van der Waals surface area (Å²) in [7, 11) is 0. The van der Waals surface area contributed by atoms with E-state index in [-0.39, 0.29) is 5.60 Å². The summed E-state index contributed by atoms with van der Waals surface area (Å²) >= 11 is 1.82. The minimum absolute atomic E-state index is 0.138. The summed E-state index contributed by atoms with van der Waals surface area (Å²) in [4.78, 5) is 4.41. The van der Waals surface area contributed by atoms with Crippen LogP contribution in [-0.4, -0.2) is 21.4 Å². The number of hydrogen-bond acceptors (Lipinski definition) is 3. The monoisotopic (exact) mass is 332 g/mol. The Kier molecular flexibility index (Phi) is 6.58. The summed E-state index contributed by atoms with van der Waals surface area (Å²) in [6, 6.07) is 8.51. The third kappa shape index (κ3) is 6.30. The SMILES string of the molecule is CSCc1nccn1CCCCc1ccc(OC(C)(C)C)cc1. The number of thioether (sulfide) groups is 1. The Labute approximate surface area is 144 Å². The molecule has 126 valence electrons. The van der Waals surface area contributed by atoms with E-state index in [0.29, 0.717) is 0 Å². The van der Waals surface area contributed by atoms with Crippen molar-refractivity contribution in [2.24, 2.45) is 0 Å². The first-order valence-corrected chi connectivity index (χ1v) is 9.64. The van der Waals surface area contributed by atoms with Crippen molar-refractivity contribution in [3.05, 3.63) is 48.0 Å². The van der Waals surface area contributed by atoms with Gasteiger partial charge in [0.05, 0.1) is 5.75 Å². The summed E-state index contributed by atoms with van der Waals surface area (Å²) in [5.41, 5.74) is 1.24. The molecule has 4 heteroatoms. The Hall–Kier alpha value is -1.42. The lowest BCUT2D eigenvalue weighted by atomic mass is 10.1. The Morgan fingerprint density at radius 1 is 1.13 bits per heavy atom. The fourth-order valence-corrected chi connectivity index (χ4v) is 3.00. The van der Waals surface area contributed by atoms with Crippen molar-refractivity contribution in [2.75, 3.05) is 6.26 Å². The van der Waals surface area contributed by atoms with Crippen molar-refractivity contribution < 1.29 is 4.74 Å². The van der Waals surface area contributed by atoms with Gasteiger partial charge in [0, 0.05) is 18.9 Å². The van der Waals surface area contributed by atoms with E-state index >= 15 is 0 Å². The zero-order valence-corrected chi connectivity index (χ0v) is 15.5. The van der Waals surface area contributed by atoms with Crippen LogP contribution in [0.25, 0.3) is 0 Å². The van der Waals surface area contributed by atoms with Crippen LogP contribution in [0.3, 0.4) is 0 Å². The normalized spacial score (nSPS) is 11.7. The van der Waals surface area contributed by atoms with Gasteiger partial charge in [-0.1, -0.05) is 12.1 Å². The van der Waals surface area contributed by atoms with Crippen LogP contribution < -0.4 is 4.74 Å². The van der Waals surface area contributed by atoms with Crippen molar-refractivity contribution in [1.29, 1.82) is 0 Å². The summed E-state index contributed by atoms with van der Waals surface area (Å²) in [6.45, 7) is 7.27. The summed E-state index contributed by atoms with van der Waals surface area (Å²) < 4.78 is 8.13. The molecule has 1 aromatic heterocycles. The quantitative estimate of drug-likeness (QED) is 0.640. The molecule has 0 aliphatic rings. The van der Waals surface area contributed by atoms with Crippen LogP contribution in [0, 0.1) is 0 Å². The second-order valence-corrected chi connectivity index (χ2v) is 7.65. The molecule has 0 saturated carbocycles. The smallest absolute Gasteiger partial charge is 0.120 e. The van der Waals surface area contributed by atoms with E-state index in [4.69, 9.17) is 4.74 Å². The van der Waals surface area contributed by atoms with E-state index in [1.165, 1.54) is 24.2 Å². The van der Waals surface area contributed by atoms with E-state index in [2.05, 4.69) is 67.0 Å². The van der Waals surface area contributed by atoms with Gasteiger partial charge in [-0.3, -0.25) is 0 Å². The number of benzene rings is 1. The van der Waals surface area contributed by atoms with Gasteiger partial charge in [0.15, 0.2) is 0 Å². The second-order valence-electron chi connectivity index (χ2n) is 6.79. The predicted molar refractivity (Wildman–Crippen MR) is 99.2 cm³/mol. The van der Waals surface area contributed by atoms with Gasteiger partial charge in [-0.25, -0.2) is 4.98 Å². The fraction of sp³-hybridized carbons (Fsp3) is 0.526. The van der Waals surface area contributed by atoms with Crippen LogP contribution in [-0.2, 0) is 18.7 Å². The van der Waals surface area contributed by atoms with Crippen molar-refractivity contribution in [1.82, 2.24) is 9.55 Å². The number of nitrogens with zero attached hydrogens (tertiary/aromatic N) is 2. The number of aromatic nitrogens is 2. The molecule has 0 radical (unpaired) electrons. The molecular formula is C19H28N2OS. The number of unbranched alkanes of at least 4 members (excludes halogenated alkanes) is 1. The number of ether oxygens (including phenoxy) is 1. The Balaban J connectivity index is 1.75. The molecule has 0 bridgehead atoms. The summed E-state index contributed by atoms with van der Waals surface area (Å²) in [5, 5.41) is 0. The standard InChI is InChI=1S/C19H28N2OS/c1-19(2,3)22-17-10-8-16(9-11-17)7-5-6-13-21-14-12-20-18(21)15-23-4/h8-12,14H,5-7,13,15H2,1-4H3. The van der Waals surface area contributed by atoms with Crippen LogP contribution in [0.5, 0.6) is 5.75 Å². The molecule has 0 aliphatic heterocycles. The Morgan fingerprint density at radius 3 is 2.52 bits per heavy atom. The Bertz CT molecular complexity index is 584. The van der Waals surface area contributed by atoms with Gasteiger partial charge < -0.3 is 9.30 Å². The topological polar surface area (TPSA) is 27.1 Å². The molecule has 23 heavy (non-hydrogen) atoms. The van der Waals surface area contributed by atoms with Gasteiger partial charge in [0.25, 0.3) is 0 Å². The summed E-state index contributed by atoms with van der Waals surface area (Å²) in [6.07, 6.45) is 9.59. The maximum atomic E-state index is 5.86. The highest BCUT2D eigenvalue weighted by molar-refractivity contribution is 7.97. The first kappa shape index (κ1) is 17.9. The van der Waals surface area contributed by atoms with Crippen LogP contribution in [0.15, 0.2) is 36.7 Å². The highest BCUT2D eigenvalue weighted by Gasteiger charge is 2.11. The molecule has 0 N–H and O–H groups in total. The minimum atomic E-state index is -0.138. The lowest BCUT2D eigenvalue weighted by molar-refractivity contribution is 0.131. The molecule has 0 unspecified atom stereocenters. The van der Waals surface area contributed by atoms with Crippen LogP contribution in [0.2, 0.25) is 0 Å². The van der Waals surface area contributed by atoms with E-state index in [1.807, 2.05) is 18.0 Å². The van der Waals surface area contributed by atoms with Crippen LogP contribution in [0.4, 0.5) is 0 Å². The molecule has 3 nitrogen and oxygen atoms in total. The zero-order valence-electron chi connectivity index (χ0n) is 14.7. The summed E-state index contributed by atoms with van der Waals surface area (Å²) in [5.74, 6) is 3.12. The van der Waals surface area contributed by atoms with E-state index in [0.717, 1.165) is 24.5 Å². The van der Waals surface area contributed by atoms with E-state index in [1.54, 1.807) is 0 Å². The molecule has 2 aromatic rings. The van der Waals surface area contributed by atoms with Gasteiger partial charge >= 0.3 is 0 Å². The molecule has 1 aromatic carbocycles. The zero-order chi connectivity index (χ0) is 16.7. The highest BCUT2D eigenvalue weighted by Crippen LogP contribution is 2.19. The largest absolute Gasteiger partial charge is 0.488 e. The average Bonchev–Trinajstić information content (AvgIpc) is 2.91. The molecule has 0 atom stereocenters. The van der Waals surface area contributed by atoms with Crippen molar-refractivity contribution in [3.63, 3.8) is 0 Å². The predicted octanol–water partition coefficient (Wildman–Crippen LogP) is 4.95. The molecule has 0 spiro atoms. The molecule has 1 heterocycles. The lowest BCUT2D eigenvalue weighted by Gasteiger charge is -2.21. The van der Waals surface area contributed by atoms with Gasteiger partial charge in [0.2, 0.25) is 0 Å². The maximum Gasteiger partial charge on any atom is 0.120 e. The molecule has 0 aliphatic carbocycles. The van der Waals surface area contributed by atoms with Crippen molar-refractivity contribution >= 4 is 11.8 Å². The number of aryl methyl sites for hydroxylation is 2. The van der Waals surface area contributed by atoms with E-state index < -0.39 is 0 Å². The average molecular weight is 333 g/mol. The van der Waals surface area contributed by atoms with Gasteiger partial charge in [-0.05, 0) is 64.0 Å². The molecule has 2 rings (SSSR count). The van der Waals surface area contributed by atoms with Gasteiger partial charge in [-0.15, -0.1) is 0 Å². The van der Waals surface area contributed by atoms with Gasteiger partial charge in [0.1, 0.15) is 17.2 Å². The van der Waals surface area contributed by atoms with Gasteiger partial charge in [-0.2, -0.15) is 11.8 Å². The minimum Gasteiger partial charge on any atom is -0.488 e. The van der Waals surface area contributed by atoms with Crippen molar-refractivity contribution in [3.8, 4) is 5.75 Å². The number of hydrogen-bond donors (Lipinski definition) is 0. The molecule has 0 amide bonds. The van der Waals surface area contributed by atoms with E-state index in [9.17, 15) is 0 Å². The van der Waals surface area contributed by atoms with Crippen LogP contribution >= 0.6 is 11.8 Å². The third-order valence-corrected chi connectivity index (χ3v) is 4.08. The molecule has 0 fully saturated rings. The number of imidazole rings is 1. The third-order valence-electron chi connectivity index (χ3n) is 3.54.